The molecule has 4 rings (SSSR count). The van der Waals surface area contributed by atoms with E-state index in [9.17, 15) is 19.6 Å². The molecule has 0 spiro atoms. The summed E-state index contributed by atoms with van der Waals surface area (Å²) >= 11 is 5.87. The van der Waals surface area contributed by atoms with Crippen LogP contribution < -0.4 is 0 Å². The van der Waals surface area contributed by atoms with Crippen molar-refractivity contribution in [1.29, 1.82) is 0 Å². The summed E-state index contributed by atoms with van der Waals surface area (Å²) in [7, 11) is 0. The highest BCUT2D eigenvalue weighted by Gasteiger charge is 2.18. The minimum atomic E-state index is -0.732. The maximum atomic E-state index is 13.9. The molecule has 0 unspecified atom stereocenters. The molecule has 0 bridgehead atoms. The predicted octanol–water partition coefficient (Wildman–Crippen LogP) is 5.65. The smallest absolute Gasteiger partial charge is 0.312 e. The van der Waals surface area contributed by atoms with Gasteiger partial charge in [-0.05, 0) is 36.4 Å². The van der Waals surface area contributed by atoms with Crippen molar-refractivity contribution in [2.24, 2.45) is 4.99 Å². The van der Waals surface area contributed by atoms with Crippen LogP contribution in [0.4, 0.5) is 15.8 Å². The van der Waals surface area contributed by atoms with Crippen molar-refractivity contribution >= 4 is 40.3 Å². The third-order valence-electron chi connectivity index (χ3n) is 4.11. The highest BCUT2D eigenvalue weighted by atomic mass is 35.5. The van der Waals surface area contributed by atoms with Crippen LogP contribution in [0.1, 0.15) is 5.56 Å². The summed E-state index contributed by atoms with van der Waals surface area (Å²) in [4.78, 5) is 18.7. The number of oxazole rings is 1. The number of nitrogens with zero attached hydrogens (tertiary/aromatic N) is 3. The van der Waals surface area contributed by atoms with E-state index in [1.807, 2.05) is 0 Å². The molecule has 29 heavy (non-hydrogen) atoms. The second-order valence-electron chi connectivity index (χ2n) is 6.03. The van der Waals surface area contributed by atoms with Crippen LogP contribution >= 0.6 is 11.6 Å². The summed E-state index contributed by atoms with van der Waals surface area (Å²) in [6, 6.07) is 13.4. The number of hydrogen-bond acceptors (Lipinski definition) is 6. The number of rotatable bonds is 4. The molecule has 0 saturated carbocycles. The highest BCUT2D eigenvalue weighted by Crippen LogP contribution is 2.33. The molecule has 1 N–H and O–H groups in total. The van der Waals surface area contributed by atoms with Crippen LogP contribution in [0.3, 0.4) is 0 Å². The van der Waals surface area contributed by atoms with Gasteiger partial charge < -0.3 is 9.52 Å². The number of nitro benzene ring substituents is 1. The zero-order chi connectivity index (χ0) is 20.5. The normalized spacial score (nSPS) is 11.4. The van der Waals surface area contributed by atoms with E-state index in [0.29, 0.717) is 16.8 Å². The van der Waals surface area contributed by atoms with E-state index in [0.717, 1.165) is 6.07 Å². The molecule has 9 heteroatoms. The predicted molar refractivity (Wildman–Crippen MR) is 106 cm³/mol. The van der Waals surface area contributed by atoms with Crippen molar-refractivity contribution in [2.45, 2.75) is 0 Å². The Morgan fingerprint density at radius 1 is 1.21 bits per heavy atom. The third kappa shape index (κ3) is 3.65. The van der Waals surface area contributed by atoms with Crippen LogP contribution in [-0.4, -0.2) is 21.2 Å². The van der Waals surface area contributed by atoms with Crippen LogP contribution in [0, 0.1) is 15.9 Å². The zero-order valence-corrected chi connectivity index (χ0v) is 15.3. The van der Waals surface area contributed by atoms with Gasteiger partial charge in [0.1, 0.15) is 11.3 Å². The first-order valence-electron chi connectivity index (χ1n) is 8.29. The van der Waals surface area contributed by atoms with Crippen LogP contribution in [0.5, 0.6) is 5.75 Å². The van der Waals surface area contributed by atoms with Gasteiger partial charge >= 0.3 is 5.69 Å². The quantitative estimate of drug-likeness (QED) is 0.265. The minimum Gasteiger partial charge on any atom is -0.502 e. The Kier molecular flexibility index (Phi) is 4.69. The summed E-state index contributed by atoms with van der Waals surface area (Å²) < 4.78 is 19.5. The zero-order valence-electron chi connectivity index (χ0n) is 14.5. The van der Waals surface area contributed by atoms with Crippen molar-refractivity contribution in [2.75, 3.05) is 0 Å². The summed E-state index contributed by atoms with van der Waals surface area (Å²) in [5.74, 6) is -0.842. The summed E-state index contributed by atoms with van der Waals surface area (Å²) in [5, 5.41) is 21.1. The van der Waals surface area contributed by atoms with Crippen molar-refractivity contribution in [3.8, 4) is 17.2 Å². The van der Waals surface area contributed by atoms with Gasteiger partial charge in [-0.25, -0.2) is 9.37 Å². The Bertz CT molecular complexity index is 1290. The van der Waals surface area contributed by atoms with Crippen LogP contribution in [-0.2, 0) is 0 Å². The van der Waals surface area contributed by atoms with E-state index in [4.69, 9.17) is 16.0 Å². The molecule has 0 aliphatic rings. The number of fused-ring (bicyclic) bond motifs is 1. The molecule has 1 heterocycles. The molecule has 0 radical (unpaired) electrons. The summed E-state index contributed by atoms with van der Waals surface area (Å²) in [6.07, 6.45) is 1.26. The standard InChI is InChI=1S/C20H11ClFN3O4/c21-12-7-11(19(26)17(8-12)25(27)28)10-23-13-5-6-18-16(9-13)24-20(29-18)14-3-1-2-4-15(14)22/h1-10,26H. The average molecular weight is 412 g/mol. The monoisotopic (exact) mass is 411 g/mol. The lowest BCUT2D eigenvalue weighted by Crippen LogP contribution is -1.92. The molecule has 0 fully saturated rings. The Morgan fingerprint density at radius 3 is 2.76 bits per heavy atom. The molecule has 3 aromatic carbocycles. The first kappa shape index (κ1) is 18.6. The summed E-state index contributed by atoms with van der Waals surface area (Å²) in [6.45, 7) is 0. The van der Waals surface area contributed by atoms with Crippen molar-refractivity contribution in [3.05, 3.63) is 81.1 Å². The van der Waals surface area contributed by atoms with E-state index in [2.05, 4.69) is 9.98 Å². The number of halogens is 2. The average Bonchev–Trinajstić information content (AvgIpc) is 3.11. The molecule has 7 nitrogen and oxygen atoms in total. The van der Waals surface area contributed by atoms with Crippen molar-refractivity contribution in [1.82, 2.24) is 4.98 Å². The fraction of sp³-hybridized carbons (Fsp3) is 0. The molecular formula is C20H11ClFN3O4. The van der Waals surface area contributed by atoms with Gasteiger partial charge in [-0.3, -0.25) is 15.1 Å². The molecule has 4 aromatic rings. The SMILES string of the molecule is O=[N+]([O-])c1cc(Cl)cc(C=Nc2ccc3oc(-c4ccccc4F)nc3c2)c1O. The topological polar surface area (TPSA) is 102 Å². The third-order valence-corrected chi connectivity index (χ3v) is 4.33. The summed E-state index contributed by atoms with van der Waals surface area (Å²) in [5.41, 5.74) is 1.18. The van der Waals surface area contributed by atoms with Gasteiger partial charge in [0.25, 0.3) is 0 Å². The van der Waals surface area contributed by atoms with Gasteiger partial charge in [-0.2, -0.15) is 0 Å². The Balaban J connectivity index is 1.69. The minimum absolute atomic E-state index is 0.0940. The largest absolute Gasteiger partial charge is 0.502 e. The van der Waals surface area contributed by atoms with Crippen LogP contribution in [0.2, 0.25) is 5.02 Å². The maximum absolute atomic E-state index is 13.9. The van der Waals surface area contributed by atoms with E-state index in [1.165, 1.54) is 18.3 Å². The molecule has 1 aromatic heterocycles. The fourth-order valence-electron chi connectivity index (χ4n) is 2.73. The first-order chi connectivity index (χ1) is 13.9. The molecule has 0 aliphatic heterocycles. The molecule has 0 amide bonds. The molecular weight excluding hydrogens is 401 g/mol. The van der Waals surface area contributed by atoms with E-state index < -0.39 is 22.2 Å². The number of aromatic hydroxyl groups is 1. The van der Waals surface area contributed by atoms with Gasteiger partial charge in [-0.15, -0.1) is 0 Å². The highest BCUT2D eigenvalue weighted by molar-refractivity contribution is 6.31. The first-order valence-corrected chi connectivity index (χ1v) is 8.66. The lowest BCUT2D eigenvalue weighted by molar-refractivity contribution is -0.385. The van der Waals surface area contributed by atoms with Gasteiger partial charge in [0.2, 0.25) is 11.6 Å². The maximum Gasteiger partial charge on any atom is 0.312 e. The molecule has 0 aliphatic carbocycles. The van der Waals surface area contributed by atoms with Gasteiger partial charge in [0, 0.05) is 22.9 Å². The van der Waals surface area contributed by atoms with Crippen molar-refractivity contribution in [3.63, 3.8) is 0 Å². The Labute approximate surface area is 167 Å². The van der Waals surface area contributed by atoms with Gasteiger partial charge in [0.15, 0.2) is 5.58 Å². The number of phenolic OH excluding ortho intramolecular Hbond substituents is 1. The fourth-order valence-corrected chi connectivity index (χ4v) is 2.95. The lowest BCUT2D eigenvalue weighted by Gasteiger charge is -2.01. The van der Waals surface area contributed by atoms with Gasteiger partial charge in [0.05, 0.1) is 16.2 Å². The Hall–Kier alpha value is -3.78. The number of aliphatic imine (C=N–C) groups is 1. The van der Waals surface area contributed by atoms with Crippen LogP contribution in [0.25, 0.3) is 22.6 Å². The van der Waals surface area contributed by atoms with E-state index in [1.54, 1.807) is 36.4 Å². The molecule has 144 valence electrons. The van der Waals surface area contributed by atoms with Crippen molar-refractivity contribution < 1.29 is 18.8 Å². The van der Waals surface area contributed by atoms with E-state index in [-0.39, 0.29) is 22.0 Å². The number of benzene rings is 3. The number of phenols is 1. The van der Waals surface area contributed by atoms with Gasteiger partial charge in [-0.1, -0.05) is 23.7 Å². The van der Waals surface area contributed by atoms with Crippen LogP contribution in [0.15, 0.2) is 64.0 Å². The molecule has 0 saturated heterocycles. The van der Waals surface area contributed by atoms with E-state index >= 15 is 0 Å². The number of aromatic nitrogens is 1. The number of hydrogen-bond donors (Lipinski definition) is 1. The molecule has 0 atom stereocenters. The lowest BCUT2D eigenvalue weighted by atomic mass is 10.2. The Morgan fingerprint density at radius 2 is 2.00 bits per heavy atom. The second-order valence-corrected chi connectivity index (χ2v) is 6.47. The second kappa shape index (κ2) is 7.33. The number of nitro groups is 1.